The van der Waals surface area contributed by atoms with Gasteiger partial charge in [0.05, 0.1) is 18.3 Å². The van der Waals surface area contributed by atoms with Gasteiger partial charge in [0.2, 0.25) is 0 Å². The molecule has 0 saturated carbocycles. The molecule has 7 nitrogen and oxygen atoms in total. The maximum atomic E-state index is 10.6. The van der Waals surface area contributed by atoms with Gasteiger partial charge in [-0.2, -0.15) is 5.10 Å². The number of aliphatic imine (C=N–C) groups is 1. The summed E-state index contributed by atoms with van der Waals surface area (Å²) < 4.78 is 1.72. The van der Waals surface area contributed by atoms with Crippen LogP contribution in [0.4, 0.5) is 0 Å². The molecule has 0 aliphatic heterocycles. The van der Waals surface area contributed by atoms with E-state index in [1.54, 1.807) is 11.0 Å². The van der Waals surface area contributed by atoms with Crippen LogP contribution in [-0.4, -0.2) is 38.9 Å². The molecule has 1 unspecified atom stereocenters. The highest BCUT2D eigenvalue weighted by Gasteiger charge is 2.15. The lowest BCUT2D eigenvalue weighted by molar-refractivity contribution is 0.181. The fourth-order valence-corrected chi connectivity index (χ4v) is 3.12. The summed E-state index contributed by atoms with van der Waals surface area (Å²) in [5.41, 5.74) is 4.27. The van der Waals surface area contributed by atoms with E-state index in [2.05, 4.69) is 58.6 Å². The molecule has 0 aliphatic carbocycles. The third-order valence-electron chi connectivity index (χ3n) is 5.01. The van der Waals surface area contributed by atoms with Crippen molar-refractivity contribution in [3.05, 3.63) is 77.9 Å². The van der Waals surface area contributed by atoms with Crippen molar-refractivity contribution in [1.29, 1.82) is 0 Å². The van der Waals surface area contributed by atoms with E-state index in [-0.39, 0.29) is 29.4 Å². The first-order valence-electron chi connectivity index (χ1n) is 10.6. The molecular formula is C24H33IN6O. The number of nitrogens with zero attached hydrogens (tertiary/aromatic N) is 4. The molecule has 1 atom stereocenters. The molecule has 2 aromatic carbocycles. The molecule has 0 fully saturated rings. The minimum absolute atomic E-state index is 0. The highest BCUT2D eigenvalue weighted by molar-refractivity contribution is 14.0. The van der Waals surface area contributed by atoms with Crippen LogP contribution in [-0.2, 0) is 12.0 Å². The van der Waals surface area contributed by atoms with E-state index in [1.165, 1.54) is 11.9 Å². The average molecular weight is 548 g/mol. The lowest BCUT2D eigenvalue weighted by atomic mass is 9.86. The minimum Gasteiger partial charge on any atom is -0.387 e. The molecule has 0 saturated heterocycles. The van der Waals surface area contributed by atoms with Gasteiger partial charge in [0.15, 0.2) is 5.96 Å². The zero-order valence-electron chi connectivity index (χ0n) is 19.1. The number of aliphatic hydroxyl groups excluding tert-OH is 1. The van der Waals surface area contributed by atoms with Gasteiger partial charge in [-0.05, 0) is 41.2 Å². The summed E-state index contributed by atoms with van der Waals surface area (Å²) in [5.74, 6) is 0.674. The van der Waals surface area contributed by atoms with Crippen molar-refractivity contribution in [2.75, 3.05) is 13.1 Å². The molecule has 172 valence electrons. The van der Waals surface area contributed by atoms with E-state index in [0.717, 1.165) is 23.4 Å². The summed E-state index contributed by atoms with van der Waals surface area (Å²) in [6.07, 6.45) is 2.57. The Morgan fingerprint density at radius 2 is 1.75 bits per heavy atom. The topological polar surface area (TPSA) is 87.4 Å². The van der Waals surface area contributed by atoms with Crippen LogP contribution < -0.4 is 10.6 Å². The quantitative estimate of drug-likeness (QED) is 0.236. The normalized spacial score (nSPS) is 12.7. The lowest BCUT2D eigenvalue weighted by Crippen LogP contribution is -2.39. The van der Waals surface area contributed by atoms with Crippen LogP contribution in [0.3, 0.4) is 0 Å². The maximum absolute atomic E-state index is 10.6. The van der Waals surface area contributed by atoms with Gasteiger partial charge in [-0.25, -0.2) is 14.7 Å². The fraction of sp³-hybridized carbons (Fsp3) is 0.375. The molecule has 3 rings (SSSR count). The second kappa shape index (κ2) is 12.0. The van der Waals surface area contributed by atoms with Gasteiger partial charge >= 0.3 is 0 Å². The molecule has 1 heterocycles. The number of aliphatic hydroxyl groups is 1. The highest BCUT2D eigenvalue weighted by atomic mass is 127. The van der Waals surface area contributed by atoms with Crippen molar-refractivity contribution in [1.82, 2.24) is 25.4 Å². The summed E-state index contributed by atoms with van der Waals surface area (Å²) in [4.78, 5) is 8.60. The Hall–Kier alpha value is -2.46. The summed E-state index contributed by atoms with van der Waals surface area (Å²) >= 11 is 0. The standard InChI is InChI=1S/C24H32N6O.HI/c1-5-26-23(27-14-18-6-12-21(13-7-18)30-17-25-16-29-30)28-15-22(31)19-8-10-20(11-9-19)24(2,3)4;/h6-13,16-17,22,31H,5,14-15H2,1-4H3,(H2,26,27,28);1H. The summed E-state index contributed by atoms with van der Waals surface area (Å²) in [6.45, 7) is 10.2. The van der Waals surface area contributed by atoms with Gasteiger partial charge in [-0.3, -0.25) is 0 Å². The Morgan fingerprint density at radius 1 is 1.06 bits per heavy atom. The minimum atomic E-state index is -0.611. The Balaban J connectivity index is 0.00000363. The van der Waals surface area contributed by atoms with Crippen LogP contribution in [0.1, 0.15) is 50.5 Å². The number of nitrogens with one attached hydrogen (secondary N) is 2. The predicted octanol–water partition coefficient (Wildman–Crippen LogP) is 3.97. The first-order valence-corrected chi connectivity index (χ1v) is 10.6. The van der Waals surface area contributed by atoms with E-state index in [4.69, 9.17) is 0 Å². The first kappa shape index (κ1) is 25.8. The van der Waals surface area contributed by atoms with E-state index < -0.39 is 6.10 Å². The summed E-state index contributed by atoms with van der Waals surface area (Å²) in [7, 11) is 0. The van der Waals surface area contributed by atoms with Gasteiger partial charge in [0.1, 0.15) is 12.7 Å². The zero-order valence-corrected chi connectivity index (χ0v) is 21.4. The lowest BCUT2D eigenvalue weighted by Gasteiger charge is -2.20. The Kier molecular flexibility index (Phi) is 9.64. The number of aromatic nitrogens is 3. The van der Waals surface area contributed by atoms with E-state index in [9.17, 15) is 5.11 Å². The first-order chi connectivity index (χ1) is 14.9. The number of hydrogen-bond donors (Lipinski definition) is 3. The van der Waals surface area contributed by atoms with Crippen LogP contribution in [0, 0.1) is 0 Å². The van der Waals surface area contributed by atoms with Crippen molar-refractivity contribution in [2.24, 2.45) is 4.99 Å². The molecule has 1 aromatic heterocycles. The second-order valence-corrected chi connectivity index (χ2v) is 8.47. The number of hydrogen-bond acceptors (Lipinski definition) is 4. The monoisotopic (exact) mass is 548 g/mol. The van der Waals surface area contributed by atoms with E-state index in [0.29, 0.717) is 19.0 Å². The SMILES string of the molecule is CCNC(=NCc1ccc(-n2cncn2)cc1)NCC(O)c1ccc(C(C)(C)C)cc1.I. The molecule has 8 heteroatoms. The second-order valence-electron chi connectivity index (χ2n) is 8.47. The van der Waals surface area contributed by atoms with Crippen molar-refractivity contribution < 1.29 is 5.11 Å². The van der Waals surface area contributed by atoms with Gasteiger partial charge in [-0.15, -0.1) is 24.0 Å². The third kappa shape index (κ3) is 7.30. The highest BCUT2D eigenvalue weighted by Crippen LogP contribution is 2.23. The average Bonchev–Trinajstić information content (AvgIpc) is 3.30. The van der Waals surface area contributed by atoms with Crippen LogP contribution in [0.2, 0.25) is 0 Å². The Bertz CT molecular complexity index is 963. The molecule has 0 radical (unpaired) electrons. The van der Waals surface area contributed by atoms with E-state index >= 15 is 0 Å². The van der Waals surface area contributed by atoms with Gasteiger partial charge in [0.25, 0.3) is 0 Å². The van der Waals surface area contributed by atoms with Gasteiger partial charge < -0.3 is 15.7 Å². The third-order valence-corrected chi connectivity index (χ3v) is 5.01. The van der Waals surface area contributed by atoms with Crippen LogP contribution in [0.15, 0.2) is 66.2 Å². The molecule has 0 amide bonds. The molecule has 32 heavy (non-hydrogen) atoms. The van der Waals surface area contributed by atoms with E-state index in [1.807, 2.05) is 43.3 Å². The van der Waals surface area contributed by atoms with Crippen molar-refractivity contribution >= 4 is 29.9 Å². The smallest absolute Gasteiger partial charge is 0.191 e. The summed E-state index contributed by atoms with van der Waals surface area (Å²) in [6, 6.07) is 16.2. The number of benzene rings is 2. The number of halogens is 1. The van der Waals surface area contributed by atoms with Gasteiger partial charge in [0, 0.05) is 13.1 Å². The van der Waals surface area contributed by atoms with Gasteiger partial charge in [-0.1, -0.05) is 57.2 Å². The number of guanidine groups is 1. The molecule has 3 N–H and O–H groups in total. The summed E-state index contributed by atoms with van der Waals surface area (Å²) in [5, 5.41) is 21.2. The molecule has 0 bridgehead atoms. The fourth-order valence-electron chi connectivity index (χ4n) is 3.12. The molecule has 0 aliphatic rings. The van der Waals surface area contributed by atoms with Crippen molar-refractivity contribution in [2.45, 2.75) is 45.8 Å². The van der Waals surface area contributed by atoms with Crippen molar-refractivity contribution in [3.8, 4) is 5.69 Å². The Labute approximate surface area is 207 Å². The molecular weight excluding hydrogens is 515 g/mol. The largest absolute Gasteiger partial charge is 0.387 e. The Morgan fingerprint density at radius 3 is 2.31 bits per heavy atom. The maximum Gasteiger partial charge on any atom is 0.191 e. The zero-order chi connectivity index (χ0) is 22.3. The molecule has 0 spiro atoms. The van der Waals surface area contributed by atoms with Crippen LogP contribution in [0.5, 0.6) is 0 Å². The molecule has 3 aromatic rings. The van der Waals surface area contributed by atoms with Crippen LogP contribution in [0.25, 0.3) is 5.69 Å². The predicted molar refractivity (Wildman–Crippen MR) is 140 cm³/mol. The number of rotatable bonds is 7. The van der Waals surface area contributed by atoms with Crippen LogP contribution >= 0.6 is 24.0 Å². The van der Waals surface area contributed by atoms with Crippen molar-refractivity contribution in [3.63, 3.8) is 0 Å².